The van der Waals surface area contributed by atoms with Crippen LogP contribution in [0, 0.1) is 5.95 Å². The molecule has 19 heavy (non-hydrogen) atoms. The van der Waals surface area contributed by atoms with Gasteiger partial charge < -0.3 is 5.11 Å². The predicted molar refractivity (Wildman–Crippen MR) is 71.0 cm³/mol. The van der Waals surface area contributed by atoms with Gasteiger partial charge in [-0.2, -0.15) is 4.39 Å². The Bertz CT molecular complexity index is 647. The minimum Gasteiger partial charge on any atom is -0.481 e. The van der Waals surface area contributed by atoms with Crippen molar-refractivity contribution >= 4 is 29.2 Å². The van der Waals surface area contributed by atoms with E-state index in [2.05, 4.69) is 4.98 Å². The number of nitrogens with zero attached hydrogens (tertiary/aromatic N) is 1. The summed E-state index contributed by atoms with van der Waals surface area (Å²) in [5.74, 6) is -1.72. The molecule has 0 atom stereocenters. The molecule has 0 aliphatic carbocycles. The van der Waals surface area contributed by atoms with Gasteiger partial charge in [0.15, 0.2) is 0 Å². The van der Waals surface area contributed by atoms with E-state index >= 15 is 0 Å². The number of aromatic nitrogens is 1. The molecule has 0 amide bonds. The van der Waals surface area contributed by atoms with Gasteiger partial charge in [0.2, 0.25) is 5.95 Å². The number of carboxylic acid groups (broad SMARTS) is 1. The number of hydrogen-bond acceptors (Lipinski definition) is 2. The zero-order valence-corrected chi connectivity index (χ0v) is 11.0. The van der Waals surface area contributed by atoms with Gasteiger partial charge in [0.05, 0.1) is 11.4 Å². The number of aliphatic carboxylic acids is 1. The molecule has 98 valence electrons. The summed E-state index contributed by atoms with van der Waals surface area (Å²) in [6.45, 7) is 0. The van der Waals surface area contributed by atoms with Gasteiger partial charge in [-0.05, 0) is 23.8 Å². The summed E-state index contributed by atoms with van der Waals surface area (Å²) in [6.07, 6.45) is 0.961. The molecule has 1 N–H and O–H groups in total. The molecule has 0 spiro atoms. The molecule has 0 unspecified atom stereocenters. The molecule has 0 saturated heterocycles. The van der Waals surface area contributed by atoms with Crippen LogP contribution in [0.3, 0.4) is 0 Å². The van der Waals surface area contributed by atoms with Crippen molar-refractivity contribution in [1.82, 2.24) is 4.98 Å². The van der Waals surface area contributed by atoms with Crippen molar-refractivity contribution in [2.45, 2.75) is 6.42 Å². The molecule has 1 aromatic heterocycles. The highest BCUT2D eigenvalue weighted by Crippen LogP contribution is 2.31. The van der Waals surface area contributed by atoms with E-state index in [1.54, 1.807) is 12.1 Å². The summed E-state index contributed by atoms with van der Waals surface area (Å²) >= 11 is 11.8. The van der Waals surface area contributed by atoms with Crippen molar-refractivity contribution < 1.29 is 14.3 Å². The highest BCUT2D eigenvalue weighted by atomic mass is 35.5. The summed E-state index contributed by atoms with van der Waals surface area (Å²) < 4.78 is 13.7. The average molecular weight is 300 g/mol. The normalized spacial score (nSPS) is 10.5. The van der Waals surface area contributed by atoms with E-state index < -0.39 is 11.9 Å². The van der Waals surface area contributed by atoms with Crippen LogP contribution in [0.25, 0.3) is 11.1 Å². The van der Waals surface area contributed by atoms with Crippen LogP contribution in [0.5, 0.6) is 0 Å². The Morgan fingerprint density at radius 1 is 1.26 bits per heavy atom. The number of halogens is 3. The van der Waals surface area contributed by atoms with Gasteiger partial charge >= 0.3 is 5.97 Å². The van der Waals surface area contributed by atoms with Crippen molar-refractivity contribution in [3.8, 4) is 11.1 Å². The number of rotatable bonds is 3. The van der Waals surface area contributed by atoms with Gasteiger partial charge in [-0.1, -0.05) is 29.3 Å². The van der Waals surface area contributed by atoms with Crippen molar-refractivity contribution in [1.29, 1.82) is 0 Å². The Balaban J connectivity index is 2.51. The summed E-state index contributed by atoms with van der Waals surface area (Å²) in [7, 11) is 0. The second-order valence-corrected chi connectivity index (χ2v) is 4.72. The minimum absolute atomic E-state index is 0.153. The van der Waals surface area contributed by atoms with E-state index in [0.29, 0.717) is 16.1 Å². The Morgan fingerprint density at radius 2 is 2.00 bits per heavy atom. The second-order valence-electron chi connectivity index (χ2n) is 3.88. The molecule has 0 fully saturated rings. The highest BCUT2D eigenvalue weighted by Gasteiger charge is 2.12. The van der Waals surface area contributed by atoms with Crippen LogP contribution in [0.2, 0.25) is 10.0 Å². The van der Waals surface area contributed by atoms with Crippen LogP contribution in [-0.4, -0.2) is 16.1 Å². The number of carboxylic acids is 1. The molecular formula is C13H8Cl2FNO2. The first-order valence-corrected chi connectivity index (χ1v) is 6.04. The molecular weight excluding hydrogens is 292 g/mol. The largest absolute Gasteiger partial charge is 0.481 e. The highest BCUT2D eigenvalue weighted by molar-refractivity contribution is 6.36. The topological polar surface area (TPSA) is 50.2 Å². The molecule has 1 heterocycles. The molecule has 3 nitrogen and oxygen atoms in total. The fourth-order valence-corrected chi connectivity index (χ4v) is 2.17. The molecule has 1 aromatic carbocycles. The lowest BCUT2D eigenvalue weighted by molar-refractivity contribution is -0.136. The Morgan fingerprint density at radius 3 is 2.63 bits per heavy atom. The first-order valence-electron chi connectivity index (χ1n) is 5.29. The third kappa shape index (κ3) is 3.22. The average Bonchev–Trinajstić information content (AvgIpc) is 2.31. The molecule has 0 saturated carbocycles. The van der Waals surface area contributed by atoms with E-state index in [1.807, 2.05) is 0 Å². The molecule has 0 radical (unpaired) electrons. The molecule has 2 aromatic rings. The number of carbonyl (C=O) groups is 1. The van der Waals surface area contributed by atoms with Crippen molar-refractivity contribution in [2.24, 2.45) is 0 Å². The van der Waals surface area contributed by atoms with Gasteiger partial charge in [0.25, 0.3) is 0 Å². The lowest BCUT2D eigenvalue weighted by Crippen LogP contribution is -2.02. The van der Waals surface area contributed by atoms with Gasteiger partial charge in [-0.3, -0.25) is 4.79 Å². The first kappa shape index (κ1) is 13.8. The summed E-state index contributed by atoms with van der Waals surface area (Å²) in [5, 5.41) is 9.44. The van der Waals surface area contributed by atoms with Crippen LogP contribution in [0.1, 0.15) is 5.56 Å². The van der Waals surface area contributed by atoms with Crippen LogP contribution in [0.4, 0.5) is 4.39 Å². The maximum atomic E-state index is 13.7. The summed E-state index contributed by atoms with van der Waals surface area (Å²) in [6, 6.07) is 6.05. The van der Waals surface area contributed by atoms with E-state index in [9.17, 15) is 9.18 Å². The van der Waals surface area contributed by atoms with Crippen LogP contribution in [-0.2, 0) is 11.2 Å². The number of benzene rings is 1. The fraction of sp³-hybridized carbons (Fsp3) is 0.0769. The Hall–Kier alpha value is -1.65. The fourth-order valence-electron chi connectivity index (χ4n) is 1.66. The molecule has 0 bridgehead atoms. The van der Waals surface area contributed by atoms with E-state index in [0.717, 1.165) is 0 Å². The summed E-state index contributed by atoms with van der Waals surface area (Å²) in [4.78, 5) is 14.2. The number of hydrogen-bond donors (Lipinski definition) is 1. The Labute approximate surface area is 118 Å². The van der Waals surface area contributed by atoms with Gasteiger partial charge in [0.1, 0.15) is 0 Å². The number of pyridine rings is 1. The van der Waals surface area contributed by atoms with Gasteiger partial charge in [0, 0.05) is 22.3 Å². The maximum absolute atomic E-state index is 13.7. The third-order valence-corrected chi connectivity index (χ3v) is 3.02. The van der Waals surface area contributed by atoms with E-state index in [1.165, 1.54) is 18.3 Å². The first-order chi connectivity index (χ1) is 8.97. The zero-order chi connectivity index (χ0) is 14.0. The van der Waals surface area contributed by atoms with Gasteiger partial charge in [-0.25, -0.2) is 4.98 Å². The standard InChI is InChI=1S/C13H8Cl2FNO2/c14-8-1-2-9(11(15)5-8)10-3-7(4-12(18)19)6-17-13(10)16/h1-3,5-6H,4H2,(H,18,19). The van der Waals surface area contributed by atoms with Crippen molar-refractivity contribution in [3.63, 3.8) is 0 Å². The van der Waals surface area contributed by atoms with Crippen molar-refractivity contribution in [2.75, 3.05) is 0 Å². The van der Waals surface area contributed by atoms with Crippen LogP contribution in [0.15, 0.2) is 30.5 Å². The smallest absolute Gasteiger partial charge is 0.307 e. The predicted octanol–water partition coefficient (Wildman–Crippen LogP) is 3.82. The zero-order valence-electron chi connectivity index (χ0n) is 9.53. The molecule has 2 rings (SSSR count). The van der Waals surface area contributed by atoms with E-state index in [4.69, 9.17) is 28.3 Å². The molecule has 0 aliphatic rings. The second kappa shape index (κ2) is 5.55. The SMILES string of the molecule is O=C(O)Cc1cnc(F)c(-c2ccc(Cl)cc2Cl)c1. The molecule has 6 heteroatoms. The lowest BCUT2D eigenvalue weighted by atomic mass is 10.0. The minimum atomic E-state index is -1.01. The monoisotopic (exact) mass is 299 g/mol. The van der Waals surface area contributed by atoms with Gasteiger partial charge in [-0.15, -0.1) is 0 Å². The third-order valence-electron chi connectivity index (χ3n) is 2.47. The summed E-state index contributed by atoms with van der Waals surface area (Å²) in [5.41, 5.74) is 0.971. The van der Waals surface area contributed by atoms with Crippen LogP contribution < -0.4 is 0 Å². The van der Waals surface area contributed by atoms with E-state index in [-0.39, 0.29) is 17.0 Å². The maximum Gasteiger partial charge on any atom is 0.307 e. The lowest BCUT2D eigenvalue weighted by Gasteiger charge is -2.07. The Kier molecular flexibility index (Phi) is 4.02. The quantitative estimate of drug-likeness (QED) is 0.877. The molecule has 0 aliphatic heterocycles. The van der Waals surface area contributed by atoms with Crippen LogP contribution >= 0.6 is 23.2 Å². The van der Waals surface area contributed by atoms with Crippen molar-refractivity contribution in [3.05, 3.63) is 52.0 Å².